The minimum Gasteiger partial charge on any atom is -0.497 e. The second kappa shape index (κ2) is 6.97. The van der Waals surface area contributed by atoms with Gasteiger partial charge in [-0.25, -0.2) is 4.98 Å². The Hall–Kier alpha value is -2.47. The van der Waals surface area contributed by atoms with Gasteiger partial charge in [-0.2, -0.15) is 0 Å². The fourth-order valence-electron chi connectivity index (χ4n) is 2.49. The Morgan fingerprint density at radius 2 is 1.96 bits per heavy atom. The van der Waals surface area contributed by atoms with Crippen LogP contribution in [0.2, 0.25) is 0 Å². The zero-order chi connectivity index (χ0) is 17.1. The predicted octanol–water partition coefficient (Wildman–Crippen LogP) is 3.57. The van der Waals surface area contributed by atoms with Gasteiger partial charge in [0, 0.05) is 13.1 Å². The molecular weight excluding hydrogens is 324 g/mol. The van der Waals surface area contributed by atoms with Gasteiger partial charge in [0.2, 0.25) is 0 Å². The molecule has 0 atom stereocenters. The molecule has 0 fully saturated rings. The van der Waals surface area contributed by atoms with Gasteiger partial charge in [-0.1, -0.05) is 23.9 Å². The number of benzene rings is 2. The normalized spacial score (nSPS) is 10.8. The van der Waals surface area contributed by atoms with Crippen molar-refractivity contribution in [3.63, 3.8) is 0 Å². The highest BCUT2D eigenvalue weighted by Gasteiger charge is 2.16. The van der Waals surface area contributed by atoms with Crippen LogP contribution in [0.5, 0.6) is 11.5 Å². The molecule has 0 aliphatic carbocycles. The van der Waals surface area contributed by atoms with Gasteiger partial charge in [0.05, 0.1) is 36.6 Å². The van der Waals surface area contributed by atoms with Crippen LogP contribution in [0.25, 0.3) is 11.0 Å². The minimum atomic E-state index is -0.00782. The maximum atomic E-state index is 12.5. The minimum absolute atomic E-state index is 0.00782. The van der Waals surface area contributed by atoms with E-state index in [-0.39, 0.29) is 5.78 Å². The summed E-state index contributed by atoms with van der Waals surface area (Å²) >= 11 is 1.42. The van der Waals surface area contributed by atoms with E-state index in [1.807, 2.05) is 35.9 Å². The summed E-state index contributed by atoms with van der Waals surface area (Å²) in [5.41, 5.74) is 2.52. The topological polar surface area (TPSA) is 53.3 Å². The molecule has 3 aromatic rings. The number of nitrogens with zero attached hydrogens (tertiary/aromatic N) is 2. The fraction of sp³-hybridized carbons (Fsp3) is 0.222. The second-order valence-electron chi connectivity index (χ2n) is 5.22. The van der Waals surface area contributed by atoms with Crippen LogP contribution in [0.4, 0.5) is 0 Å². The number of fused-ring (bicyclic) bond motifs is 1. The summed E-state index contributed by atoms with van der Waals surface area (Å²) in [5, 5.41) is 0.817. The number of ether oxygens (including phenoxy) is 2. The number of aromatic nitrogens is 2. The molecule has 1 heterocycles. The average Bonchev–Trinajstić information content (AvgIpc) is 2.95. The monoisotopic (exact) mass is 342 g/mol. The van der Waals surface area contributed by atoms with Crippen molar-refractivity contribution in [3.05, 3.63) is 48.0 Å². The standard InChI is InChI=1S/C18H18N2O3S/c1-20-15-7-5-4-6-14(15)19-18(20)24-11-16(21)13-9-8-12(22-2)10-17(13)23-3/h4-10H,11H2,1-3H3. The van der Waals surface area contributed by atoms with Crippen LogP contribution in [0, 0.1) is 0 Å². The molecule has 24 heavy (non-hydrogen) atoms. The van der Waals surface area contributed by atoms with E-state index in [0.29, 0.717) is 22.8 Å². The van der Waals surface area contributed by atoms with Crippen molar-refractivity contribution in [3.8, 4) is 11.5 Å². The first-order valence-electron chi connectivity index (χ1n) is 7.43. The van der Waals surface area contributed by atoms with Crippen LogP contribution in [0.15, 0.2) is 47.6 Å². The van der Waals surface area contributed by atoms with E-state index in [1.54, 1.807) is 32.4 Å². The van der Waals surface area contributed by atoms with Crippen molar-refractivity contribution in [2.24, 2.45) is 7.05 Å². The largest absolute Gasteiger partial charge is 0.497 e. The number of para-hydroxylation sites is 2. The first kappa shape index (κ1) is 16.4. The van der Waals surface area contributed by atoms with Gasteiger partial charge in [-0.05, 0) is 24.3 Å². The number of carbonyl (C=O) groups excluding carboxylic acids is 1. The lowest BCUT2D eigenvalue weighted by molar-refractivity contribution is 0.101. The Balaban J connectivity index is 1.79. The number of hydrogen-bond donors (Lipinski definition) is 0. The maximum Gasteiger partial charge on any atom is 0.176 e. The number of carbonyl (C=O) groups is 1. The molecule has 5 nitrogen and oxygen atoms in total. The molecule has 0 saturated heterocycles. The number of methoxy groups -OCH3 is 2. The number of rotatable bonds is 6. The molecule has 0 N–H and O–H groups in total. The summed E-state index contributed by atoms with van der Waals surface area (Å²) < 4.78 is 12.5. The van der Waals surface area contributed by atoms with Crippen molar-refractivity contribution >= 4 is 28.6 Å². The van der Waals surface area contributed by atoms with Crippen LogP contribution < -0.4 is 9.47 Å². The van der Waals surface area contributed by atoms with Gasteiger partial charge < -0.3 is 14.0 Å². The smallest absolute Gasteiger partial charge is 0.176 e. The first-order valence-corrected chi connectivity index (χ1v) is 8.42. The van der Waals surface area contributed by atoms with Gasteiger partial charge >= 0.3 is 0 Å². The molecule has 1 aromatic heterocycles. The van der Waals surface area contributed by atoms with Crippen molar-refractivity contribution in [2.45, 2.75) is 5.16 Å². The van der Waals surface area contributed by atoms with Gasteiger partial charge in [0.1, 0.15) is 11.5 Å². The number of hydrogen-bond acceptors (Lipinski definition) is 5. The Bertz CT molecular complexity index is 889. The highest BCUT2D eigenvalue weighted by atomic mass is 32.2. The number of ketones is 1. The third-order valence-corrected chi connectivity index (χ3v) is 4.82. The van der Waals surface area contributed by atoms with E-state index in [9.17, 15) is 4.79 Å². The lowest BCUT2D eigenvalue weighted by atomic mass is 10.1. The quantitative estimate of drug-likeness (QED) is 0.506. The zero-order valence-electron chi connectivity index (χ0n) is 13.8. The molecule has 0 amide bonds. The summed E-state index contributed by atoms with van der Waals surface area (Å²) in [6, 6.07) is 13.1. The Morgan fingerprint density at radius 3 is 2.67 bits per heavy atom. The number of thioether (sulfide) groups is 1. The molecule has 0 spiro atoms. The highest BCUT2D eigenvalue weighted by Crippen LogP contribution is 2.28. The summed E-state index contributed by atoms with van der Waals surface area (Å²) in [6.45, 7) is 0. The number of Topliss-reactive ketones (excluding diaryl/α,β-unsaturated/α-hetero) is 1. The van der Waals surface area contributed by atoms with Crippen LogP contribution in [0.1, 0.15) is 10.4 Å². The van der Waals surface area contributed by atoms with E-state index in [0.717, 1.165) is 16.2 Å². The van der Waals surface area contributed by atoms with Crippen molar-refractivity contribution < 1.29 is 14.3 Å². The van der Waals surface area contributed by atoms with Crippen molar-refractivity contribution in [2.75, 3.05) is 20.0 Å². The second-order valence-corrected chi connectivity index (χ2v) is 6.16. The highest BCUT2D eigenvalue weighted by molar-refractivity contribution is 7.99. The van der Waals surface area contributed by atoms with Crippen LogP contribution in [0.3, 0.4) is 0 Å². The van der Waals surface area contributed by atoms with Crippen LogP contribution >= 0.6 is 11.8 Å². The lowest BCUT2D eigenvalue weighted by Crippen LogP contribution is -2.06. The Kier molecular flexibility index (Phi) is 4.76. The summed E-state index contributed by atoms with van der Waals surface area (Å²) in [7, 11) is 5.08. The summed E-state index contributed by atoms with van der Waals surface area (Å²) in [5.74, 6) is 1.46. The number of imidazole rings is 1. The molecule has 0 saturated carbocycles. The lowest BCUT2D eigenvalue weighted by Gasteiger charge is -2.09. The van der Waals surface area contributed by atoms with Gasteiger partial charge in [0.25, 0.3) is 0 Å². The van der Waals surface area contributed by atoms with Crippen LogP contribution in [-0.2, 0) is 7.05 Å². The molecule has 0 aliphatic heterocycles. The van der Waals surface area contributed by atoms with E-state index < -0.39 is 0 Å². The van der Waals surface area contributed by atoms with Crippen molar-refractivity contribution in [1.82, 2.24) is 9.55 Å². The predicted molar refractivity (Wildman–Crippen MR) is 95.3 cm³/mol. The van der Waals surface area contributed by atoms with E-state index in [4.69, 9.17) is 9.47 Å². The Morgan fingerprint density at radius 1 is 1.17 bits per heavy atom. The molecule has 0 unspecified atom stereocenters. The van der Waals surface area contributed by atoms with E-state index in [2.05, 4.69) is 4.98 Å². The van der Waals surface area contributed by atoms with E-state index in [1.165, 1.54) is 11.8 Å². The third kappa shape index (κ3) is 3.10. The van der Waals surface area contributed by atoms with Gasteiger partial charge in [0.15, 0.2) is 10.9 Å². The third-order valence-electron chi connectivity index (χ3n) is 3.79. The molecule has 124 valence electrons. The van der Waals surface area contributed by atoms with Gasteiger partial charge in [-0.15, -0.1) is 0 Å². The molecule has 6 heteroatoms. The fourth-order valence-corrected chi connectivity index (χ4v) is 3.36. The summed E-state index contributed by atoms with van der Waals surface area (Å²) in [4.78, 5) is 17.1. The number of aryl methyl sites for hydroxylation is 1. The zero-order valence-corrected chi connectivity index (χ0v) is 14.6. The average molecular weight is 342 g/mol. The van der Waals surface area contributed by atoms with Gasteiger partial charge in [-0.3, -0.25) is 4.79 Å². The molecule has 3 rings (SSSR count). The maximum absolute atomic E-state index is 12.5. The first-order chi connectivity index (χ1) is 11.6. The Labute approximate surface area is 144 Å². The van der Waals surface area contributed by atoms with Crippen LogP contribution in [-0.4, -0.2) is 35.3 Å². The van der Waals surface area contributed by atoms with Crippen molar-refractivity contribution in [1.29, 1.82) is 0 Å². The molecule has 2 aromatic carbocycles. The molecule has 0 bridgehead atoms. The van der Waals surface area contributed by atoms with E-state index >= 15 is 0 Å². The molecule has 0 aliphatic rings. The molecule has 0 radical (unpaired) electrons. The summed E-state index contributed by atoms with van der Waals surface area (Å²) in [6.07, 6.45) is 0. The SMILES string of the molecule is COc1ccc(C(=O)CSc2nc3ccccc3n2C)c(OC)c1. The molecular formula is C18H18N2O3S.